The van der Waals surface area contributed by atoms with Gasteiger partial charge < -0.3 is 10.3 Å². The minimum atomic E-state index is 0.0966. The van der Waals surface area contributed by atoms with Crippen molar-refractivity contribution in [2.45, 2.75) is 38.3 Å². The van der Waals surface area contributed by atoms with Crippen LogP contribution in [0.1, 0.15) is 36.6 Å². The predicted octanol–water partition coefficient (Wildman–Crippen LogP) is 0.437. The van der Waals surface area contributed by atoms with Crippen molar-refractivity contribution in [1.82, 2.24) is 24.3 Å². The topological polar surface area (TPSA) is 74.6 Å². The molecule has 0 spiro atoms. The molecular formula is C12H18N6. The van der Waals surface area contributed by atoms with Gasteiger partial charge in [-0.1, -0.05) is 0 Å². The molecule has 18 heavy (non-hydrogen) atoms. The Kier molecular flexibility index (Phi) is 2.66. The summed E-state index contributed by atoms with van der Waals surface area (Å²) in [5.41, 5.74) is 8.47. The van der Waals surface area contributed by atoms with Crippen LogP contribution in [0.15, 0.2) is 12.7 Å². The first-order valence-corrected chi connectivity index (χ1v) is 6.31. The number of rotatable bonds is 2. The lowest BCUT2D eigenvalue weighted by atomic mass is 9.97. The van der Waals surface area contributed by atoms with Crippen molar-refractivity contribution in [3.8, 4) is 0 Å². The molecule has 1 aliphatic carbocycles. The molecule has 0 saturated carbocycles. The Hall–Kier alpha value is -1.69. The number of nitrogens with zero attached hydrogens (tertiary/aromatic N) is 5. The summed E-state index contributed by atoms with van der Waals surface area (Å²) in [6.07, 6.45) is 6.22. The van der Waals surface area contributed by atoms with Crippen molar-refractivity contribution in [3.05, 3.63) is 29.9 Å². The summed E-state index contributed by atoms with van der Waals surface area (Å²) >= 11 is 0. The van der Waals surface area contributed by atoms with E-state index >= 15 is 0 Å². The van der Waals surface area contributed by atoms with Gasteiger partial charge in [-0.3, -0.25) is 0 Å². The van der Waals surface area contributed by atoms with Crippen molar-refractivity contribution in [2.75, 3.05) is 0 Å². The van der Waals surface area contributed by atoms with E-state index in [9.17, 15) is 0 Å². The second kappa shape index (κ2) is 4.20. The van der Waals surface area contributed by atoms with E-state index in [1.807, 2.05) is 4.68 Å². The Morgan fingerprint density at radius 3 is 3.06 bits per heavy atom. The number of imidazole rings is 1. The summed E-state index contributed by atoms with van der Waals surface area (Å²) in [4.78, 5) is 8.74. The number of hydrogen-bond acceptors (Lipinski definition) is 4. The molecule has 2 aromatic heterocycles. The molecule has 0 fully saturated rings. The molecule has 2 atom stereocenters. The maximum Gasteiger partial charge on any atom is 0.137 e. The summed E-state index contributed by atoms with van der Waals surface area (Å²) in [6, 6.07) is 0.348. The number of aromatic nitrogens is 5. The molecular weight excluding hydrogens is 228 g/mol. The second-order valence-electron chi connectivity index (χ2n) is 4.98. The van der Waals surface area contributed by atoms with Crippen molar-refractivity contribution in [1.29, 1.82) is 0 Å². The zero-order chi connectivity index (χ0) is 12.7. The third kappa shape index (κ3) is 1.73. The minimum absolute atomic E-state index is 0.0966. The Morgan fingerprint density at radius 2 is 2.33 bits per heavy atom. The maximum absolute atomic E-state index is 6.00. The van der Waals surface area contributed by atoms with Crippen LogP contribution in [-0.4, -0.2) is 30.4 Å². The molecule has 6 heteroatoms. The van der Waals surface area contributed by atoms with Crippen LogP contribution in [0.25, 0.3) is 0 Å². The lowest BCUT2D eigenvalue weighted by Crippen LogP contribution is -2.28. The SMILES string of the molecule is CC(c1nc2c(n1C)CCC(N)C2)n1cncn1. The van der Waals surface area contributed by atoms with E-state index in [1.54, 1.807) is 12.7 Å². The molecule has 6 nitrogen and oxygen atoms in total. The maximum atomic E-state index is 6.00. The number of nitrogens with two attached hydrogens (primary N) is 1. The molecule has 0 amide bonds. The molecule has 0 bridgehead atoms. The highest BCUT2D eigenvalue weighted by molar-refractivity contribution is 5.23. The predicted molar refractivity (Wildman–Crippen MR) is 67.0 cm³/mol. The lowest BCUT2D eigenvalue weighted by molar-refractivity contribution is 0.514. The monoisotopic (exact) mass is 246 g/mol. The Balaban J connectivity index is 1.99. The summed E-state index contributed by atoms with van der Waals surface area (Å²) in [5.74, 6) is 1.03. The average Bonchev–Trinajstić information content (AvgIpc) is 2.97. The zero-order valence-corrected chi connectivity index (χ0v) is 10.7. The molecule has 2 N–H and O–H groups in total. The van der Waals surface area contributed by atoms with Gasteiger partial charge >= 0.3 is 0 Å². The van der Waals surface area contributed by atoms with Crippen LogP contribution in [0.3, 0.4) is 0 Å². The van der Waals surface area contributed by atoms with E-state index in [2.05, 4.69) is 28.6 Å². The fourth-order valence-corrected chi connectivity index (χ4v) is 2.67. The fourth-order valence-electron chi connectivity index (χ4n) is 2.67. The Labute approximate surface area is 106 Å². The van der Waals surface area contributed by atoms with Crippen molar-refractivity contribution < 1.29 is 0 Å². The van der Waals surface area contributed by atoms with E-state index in [4.69, 9.17) is 10.7 Å². The van der Waals surface area contributed by atoms with Gasteiger partial charge in [0.15, 0.2) is 0 Å². The Morgan fingerprint density at radius 1 is 1.50 bits per heavy atom. The van der Waals surface area contributed by atoms with Gasteiger partial charge in [0.1, 0.15) is 24.5 Å². The van der Waals surface area contributed by atoms with Gasteiger partial charge in [-0.15, -0.1) is 0 Å². The molecule has 1 aliphatic rings. The van der Waals surface area contributed by atoms with Gasteiger partial charge in [0.05, 0.1) is 5.69 Å². The van der Waals surface area contributed by atoms with Gasteiger partial charge in [0.25, 0.3) is 0 Å². The Bertz CT molecular complexity index is 541. The van der Waals surface area contributed by atoms with Gasteiger partial charge in [-0.05, 0) is 19.8 Å². The fraction of sp³-hybridized carbons (Fsp3) is 0.583. The summed E-state index contributed by atoms with van der Waals surface area (Å²) in [7, 11) is 2.07. The van der Waals surface area contributed by atoms with Crippen LogP contribution >= 0.6 is 0 Å². The first-order valence-electron chi connectivity index (χ1n) is 6.31. The van der Waals surface area contributed by atoms with Crippen LogP contribution in [0.5, 0.6) is 0 Å². The number of hydrogen-bond donors (Lipinski definition) is 1. The van der Waals surface area contributed by atoms with E-state index in [1.165, 1.54) is 5.69 Å². The van der Waals surface area contributed by atoms with Gasteiger partial charge in [0.2, 0.25) is 0 Å². The molecule has 3 rings (SSSR count). The standard InChI is InChI=1S/C12H18N6/c1-8(18-7-14-6-15-18)12-16-10-5-9(13)3-4-11(10)17(12)2/h6-9H,3-5,13H2,1-2H3. The van der Waals surface area contributed by atoms with E-state index in [-0.39, 0.29) is 12.1 Å². The van der Waals surface area contributed by atoms with Gasteiger partial charge in [0, 0.05) is 25.2 Å². The largest absolute Gasteiger partial charge is 0.333 e. The summed E-state index contributed by atoms with van der Waals surface area (Å²) < 4.78 is 4.02. The molecule has 96 valence electrons. The zero-order valence-electron chi connectivity index (χ0n) is 10.7. The lowest BCUT2D eigenvalue weighted by Gasteiger charge is -2.18. The smallest absolute Gasteiger partial charge is 0.137 e. The van der Waals surface area contributed by atoms with Gasteiger partial charge in [-0.25, -0.2) is 14.6 Å². The van der Waals surface area contributed by atoms with E-state index < -0.39 is 0 Å². The normalized spacial score (nSPS) is 20.7. The summed E-state index contributed by atoms with van der Waals surface area (Å²) in [6.45, 7) is 2.09. The molecule has 0 aliphatic heterocycles. The highest BCUT2D eigenvalue weighted by atomic mass is 15.3. The van der Waals surface area contributed by atoms with E-state index in [0.717, 1.165) is 30.8 Å². The second-order valence-corrected chi connectivity index (χ2v) is 4.98. The summed E-state index contributed by atoms with van der Waals surface area (Å²) in [5, 5.41) is 4.18. The molecule has 0 saturated heterocycles. The third-order valence-corrected chi connectivity index (χ3v) is 3.75. The molecule has 0 radical (unpaired) electrons. The third-order valence-electron chi connectivity index (χ3n) is 3.75. The van der Waals surface area contributed by atoms with Crippen LogP contribution in [0.4, 0.5) is 0 Å². The molecule has 0 aromatic carbocycles. The van der Waals surface area contributed by atoms with Gasteiger partial charge in [-0.2, -0.15) is 5.10 Å². The molecule has 2 aromatic rings. The van der Waals surface area contributed by atoms with Crippen LogP contribution in [0.2, 0.25) is 0 Å². The van der Waals surface area contributed by atoms with Crippen molar-refractivity contribution >= 4 is 0 Å². The van der Waals surface area contributed by atoms with Crippen molar-refractivity contribution in [2.24, 2.45) is 12.8 Å². The average molecular weight is 246 g/mol. The first kappa shape index (κ1) is 11.4. The van der Waals surface area contributed by atoms with Crippen LogP contribution in [0, 0.1) is 0 Å². The van der Waals surface area contributed by atoms with E-state index in [0.29, 0.717) is 0 Å². The number of fused-ring (bicyclic) bond motifs is 1. The minimum Gasteiger partial charge on any atom is -0.333 e. The quantitative estimate of drug-likeness (QED) is 0.834. The molecule has 2 unspecified atom stereocenters. The van der Waals surface area contributed by atoms with Crippen LogP contribution < -0.4 is 5.73 Å². The first-order chi connectivity index (χ1) is 8.66. The van der Waals surface area contributed by atoms with Crippen molar-refractivity contribution in [3.63, 3.8) is 0 Å². The molecule has 2 heterocycles. The highest BCUT2D eigenvalue weighted by Crippen LogP contribution is 2.24. The highest BCUT2D eigenvalue weighted by Gasteiger charge is 2.24. The van der Waals surface area contributed by atoms with Crippen LogP contribution in [-0.2, 0) is 19.9 Å².